The fraction of sp³-hybridized carbons (Fsp3) is 0.417. The van der Waals surface area contributed by atoms with Crippen molar-refractivity contribution in [2.45, 2.75) is 6.54 Å². The summed E-state index contributed by atoms with van der Waals surface area (Å²) in [7, 11) is 5.35. The van der Waals surface area contributed by atoms with E-state index in [4.69, 9.17) is 11.6 Å². The van der Waals surface area contributed by atoms with E-state index >= 15 is 0 Å². The number of nitrogens with zero attached hydrogens (tertiary/aromatic N) is 1. The maximum absolute atomic E-state index is 11.3. The molecule has 0 unspecified atom stereocenters. The zero-order valence-corrected chi connectivity index (χ0v) is 11.1. The van der Waals surface area contributed by atoms with E-state index in [1.54, 1.807) is 7.05 Å². The zero-order valence-electron chi connectivity index (χ0n) is 10.4. The summed E-state index contributed by atoms with van der Waals surface area (Å²) >= 11 is 6.19. The van der Waals surface area contributed by atoms with Gasteiger partial charge in [-0.05, 0) is 24.7 Å². The van der Waals surface area contributed by atoms with E-state index in [1.165, 1.54) is 0 Å². The van der Waals surface area contributed by atoms with E-state index in [-0.39, 0.29) is 5.91 Å². The second kappa shape index (κ2) is 6.47. The van der Waals surface area contributed by atoms with Crippen LogP contribution in [0.2, 0.25) is 5.02 Å². The van der Waals surface area contributed by atoms with Gasteiger partial charge in [0.15, 0.2) is 0 Å². The summed E-state index contributed by atoms with van der Waals surface area (Å²) in [5.74, 6) is -0.0390. The molecule has 94 valence electrons. The number of likely N-dealkylation sites (N-methyl/N-ethyl adjacent to an activating group) is 2. The van der Waals surface area contributed by atoms with Crippen molar-refractivity contribution >= 4 is 23.2 Å². The first-order chi connectivity index (χ1) is 8.08. The highest BCUT2D eigenvalue weighted by Crippen LogP contribution is 2.25. The lowest BCUT2D eigenvalue weighted by Gasteiger charge is -2.20. The van der Waals surface area contributed by atoms with Crippen molar-refractivity contribution in [2.75, 3.05) is 32.6 Å². The van der Waals surface area contributed by atoms with E-state index in [9.17, 15) is 4.79 Å². The number of nitrogens with one attached hydrogen (secondary N) is 2. The molecule has 1 aromatic carbocycles. The highest BCUT2D eigenvalue weighted by molar-refractivity contribution is 6.33. The maximum Gasteiger partial charge on any atom is 0.239 e. The quantitative estimate of drug-likeness (QED) is 0.832. The lowest BCUT2D eigenvalue weighted by atomic mass is 10.2. The molecule has 17 heavy (non-hydrogen) atoms. The monoisotopic (exact) mass is 255 g/mol. The topological polar surface area (TPSA) is 44.4 Å². The average molecular weight is 256 g/mol. The molecule has 2 N–H and O–H groups in total. The van der Waals surface area contributed by atoms with Crippen molar-refractivity contribution < 1.29 is 4.79 Å². The molecule has 1 aromatic rings. The Morgan fingerprint density at radius 2 is 2.12 bits per heavy atom. The van der Waals surface area contributed by atoms with Gasteiger partial charge in [-0.25, -0.2) is 0 Å². The third-order valence-electron chi connectivity index (χ3n) is 2.46. The zero-order chi connectivity index (χ0) is 12.8. The minimum atomic E-state index is -0.0390. The minimum absolute atomic E-state index is 0.0390. The van der Waals surface area contributed by atoms with Crippen LogP contribution < -0.4 is 15.5 Å². The second-order valence-corrected chi connectivity index (χ2v) is 4.25. The Bertz CT molecular complexity index is 395. The molecule has 0 fully saturated rings. The standard InChI is InChI=1S/C12H18ClN3O/c1-14-7-9-4-5-11(10(13)6-9)16(3)8-12(17)15-2/h4-6,14H,7-8H2,1-3H3,(H,15,17). The fourth-order valence-electron chi connectivity index (χ4n) is 1.55. The number of hydrogen-bond acceptors (Lipinski definition) is 3. The normalized spacial score (nSPS) is 10.1. The van der Waals surface area contributed by atoms with Gasteiger partial charge in [-0.1, -0.05) is 17.7 Å². The lowest BCUT2D eigenvalue weighted by molar-refractivity contribution is -0.119. The van der Waals surface area contributed by atoms with Gasteiger partial charge in [0.1, 0.15) is 0 Å². The number of hydrogen-bond donors (Lipinski definition) is 2. The molecule has 0 bridgehead atoms. The molecule has 1 rings (SSSR count). The average Bonchev–Trinajstić information content (AvgIpc) is 2.29. The molecule has 0 spiro atoms. The minimum Gasteiger partial charge on any atom is -0.364 e. The Labute approximate surface area is 107 Å². The predicted molar refractivity (Wildman–Crippen MR) is 71.6 cm³/mol. The van der Waals surface area contributed by atoms with Crippen LogP contribution in [0.1, 0.15) is 5.56 Å². The lowest BCUT2D eigenvalue weighted by Crippen LogP contribution is -2.33. The van der Waals surface area contributed by atoms with Crippen molar-refractivity contribution in [1.29, 1.82) is 0 Å². The summed E-state index contributed by atoms with van der Waals surface area (Å²) in [4.78, 5) is 13.1. The summed E-state index contributed by atoms with van der Waals surface area (Å²) in [5, 5.41) is 6.30. The number of anilines is 1. The molecule has 0 atom stereocenters. The van der Waals surface area contributed by atoms with Gasteiger partial charge >= 0.3 is 0 Å². The van der Waals surface area contributed by atoms with Crippen molar-refractivity contribution in [3.8, 4) is 0 Å². The van der Waals surface area contributed by atoms with Gasteiger partial charge in [-0.3, -0.25) is 4.79 Å². The van der Waals surface area contributed by atoms with Crippen molar-refractivity contribution in [3.05, 3.63) is 28.8 Å². The van der Waals surface area contributed by atoms with Gasteiger partial charge in [0.25, 0.3) is 0 Å². The van der Waals surface area contributed by atoms with Crippen LogP contribution in [-0.4, -0.2) is 33.6 Å². The molecule has 0 aliphatic rings. The Morgan fingerprint density at radius 3 is 2.65 bits per heavy atom. The molecule has 0 heterocycles. The molecule has 0 saturated heterocycles. The van der Waals surface area contributed by atoms with Crippen LogP contribution in [-0.2, 0) is 11.3 Å². The Hall–Kier alpha value is -1.26. The van der Waals surface area contributed by atoms with E-state index in [0.29, 0.717) is 11.6 Å². The molecular formula is C12H18ClN3O. The van der Waals surface area contributed by atoms with Gasteiger partial charge in [0.05, 0.1) is 17.3 Å². The summed E-state index contributed by atoms with van der Waals surface area (Å²) in [6, 6.07) is 5.84. The molecule has 4 nitrogen and oxygen atoms in total. The van der Waals surface area contributed by atoms with E-state index < -0.39 is 0 Å². The number of amides is 1. The van der Waals surface area contributed by atoms with Gasteiger partial charge in [-0.15, -0.1) is 0 Å². The molecule has 0 aliphatic heterocycles. The Balaban J connectivity index is 2.80. The van der Waals surface area contributed by atoms with Crippen LogP contribution in [0.15, 0.2) is 18.2 Å². The highest BCUT2D eigenvalue weighted by atomic mass is 35.5. The summed E-state index contributed by atoms with van der Waals surface area (Å²) in [6.07, 6.45) is 0. The van der Waals surface area contributed by atoms with Crippen LogP contribution in [0.4, 0.5) is 5.69 Å². The molecular weight excluding hydrogens is 238 g/mol. The second-order valence-electron chi connectivity index (χ2n) is 3.85. The van der Waals surface area contributed by atoms with Crippen molar-refractivity contribution in [2.24, 2.45) is 0 Å². The third-order valence-corrected chi connectivity index (χ3v) is 2.77. The number of benzene rings is 1. The first kappa shape index (κ1) is 13.8. The fourth-order valence-corrected chi connectivity index (χ4v) is 1.90. The largest absolute Gasteiger partial charge is 0.364 e. The van der Waals surface area contributed by atoms with Crippen LogP contribution in [0, 0.1) is 0 Å². The molecule has 0 saturated carbocycles. The van der Waals surface area contributed by atoms with Gasteiger partial charge in [0.2, 0.25) is 5.91 Å². The molecule has 0 radical (unpaired) electrons. The van der Waals surface area contributed by atoms with E-state index in [2.05, 4.69) is 10.6 Å². The highest BCUT2D eigenvalue weighted by Gasteiger charge is 2.09. The van der Waals surface area contributed by atoms with Crippen molar-refractivity contribution in [3.63, 3.8) is 0 Å². The third kappa shape index (κ3) is 3.91. The molecule has 0 aliphatic carbocycles. The molecule has 5 heteroatoms. The number of carbonyl (C=O) groups excluding carboxylic acids is 1. The molecule has 1 amide bonds. The van der Waals surface area contributed by atoms with Gasteiger partial charge in [-0.2, -0.15) is 0 Å². The number of carbonyl (C=O) groups is 1. The van der Waals surface area contributed by atoms with E-state index in [1.807, 2.05) is 37.2 Å². The first-order valence-electron chi connectivity index (χ1n) is 5.43. The van der Waals surface area contributed by atoms with Crippen LogP contribution in [0.25, 0.3) is 0 Å². The SMILES string of the molecule is CNCc1ccc(N(C)CC(=O)NC)c(Cl)c1. The van der Waals surface area contributed by atoms with Crippen LogP contribution in [0.3, 0.4) is 0 Å². The summed E-state index contributed by atoms with van der Waals surface area (Å²) in [6.45, 7) is 1.07. The first-order valence-corrected chi connectivity index (χ1v) is 5.81. The van der Waals surface area contributed by atoms with Gasteiger partial charge < -0.3 is 15.5 Å². The van der Waals surface area contributed by atoms with Crippen molar-refractivity contribution in [1.82, 2.24) is 10.6 Å². The molecule has 0 aromatic heterocycles. The smallest absolute Gasteiger partial charge is 0.239 e. The van der Waals surface area contributed by atoms with Gasteiger partial charge in [0, 0.05) is 20.6 Å². The van der Waals surface area contributed by atoms with Crippen LogP contribution in [0.5, 0.6) is 0 Å². The Kier molecular flexibility index (Phi) is 5.25. The maximum atomic E-state index is 11.3. The van der Waals surface area contributed by atoms with E-state index in [0.717, 1.165) is 17.8 Å². The number of rotatable bonds is 5. The summed E-state index contributed by atoms with van der Waals surface area (Å²) in [5.41, 5.74) is 1.98. The predicted octanol–water partition coefficient (Wildman–Crippen LogP) is 1.24. The van der Waals surface area contributed by atoms with Crippen LogP contribution >= 0.6 is 11.6 Å². The number of halogens is 1. The Morgan fingerprint density at radius 1 is 1.41 bits per heavy atom. The summed E-state index contributed by atoms with van der Waals surface area (Å²) < 4.78 is 0.